The first kappa shape index (κ1) is 52.4. The van der Waals surface area contributed by atoms with E-state index in [1.165, 1.54) is 19.4 Å². The van der Waals surface area contributed by atoms with Gasteiger partial charge in [0.1, 0.15) is 73.2 Å². The average Bonchev–Trinajstić information content (AvgIpc) is 3.27. The number of aliphatic hydroxyl groups is 10. The first-order valence-corrected chi connectivity index (χ1v) is 24.4. The van der Waals surface area contributed by atoms with Crippen LogP contribution in [0.5, 0.6) is 0 Å². The monoisotopic (exact) mass is 972 g/mol. The molecule has 8 rings (SSSR count). The van der Waals surface area contributed by atoms with Gasteiger partial charge in [-0.25, -0.2) is 0 Å². The SMILES string of the molecule is CC1OC(OC2C(OC3C(OC4C(O)CC5(C)C(CCC6(C)C5CC=C5C7CC(C)(C)CCC7(C(=O)O)CCC56C)C4(C)C(=O)O)OC(CO)C(O)C3O)OC(CO)C(O)C2O)C(O)C(O)C1O. The van der Waals surface area contributed by atoms with Gasteiger partial charge in [0, 0.05) is 0 Å². The second-order valence-corrected chi connectivity index (χ2v) is 23.4. The van der Waals surface area contributed by atoms with E-state index < -0.39 is 162 Å². The molecule has 0 bridgehead atoms. The highest BCUT2D eigenvalue weighted by atomic mass is 16.8. The summed E-state index contributed by atoms with van der Waals surface area (Å²) in [4.78, 5) is 27.1. The minimum atomic E-state index is -1.99. The Morgan fingerprint density at radius 2 is 1.19 bits per heavy atom. The van der Waals surface area contributed by atoms with Crippen molar-refractivity contribution in [1.82, 2.24) is 0 Å². The van der Waals surface area contributed by atoms with Gasteiger partial charge in [-0.15, -0.1) is 0 Å². The number of rotatable bonds is 10. The number of allylic oxidation sites excluding steroid dienone is 2. The van der Waals surface area contributed by atoms with Crippen molar-refractivity contribution >= 4 is 11.9 Å². The van der Waals surface area contributed by atoms with Gasteiger partial charge in [-0.3, -0.25) is 9.59 Å². The van der Waals surface area contributed by atoms with E-state index in [-0.39, 0.29) is 23.7 Å². The summed E-state index contributed by atoms with van der Waals surface area (Å²) in [6.07, 6.45) is -22.0. The van der Waals surface area contributed by atoms with E-state index >= 15 is 0 Å². The van der Waals surface area contributed by atoms with Gasteiger partial charge in [0.05, 0.1) is 36.3 Å². The lowest BCUT2D eigenvalue weighted by Gasteiger charge is -2.71. The van der Waals surface area contributed by atoms with Crippen LogP contribution in [0.25, 0.3) is 0 Å². The van der Waals surface area contributed by atoms with Crippen LogP contribution in [0.2, 0.25) is 0 Å². The summed E-state index contributed by atoms with van der Waals surface area (Å²) in [7, 11) is 0. The molecule has 8 aliphatic rings. The van der Waals surface area contributed by atoms with Crippen molar-refractivity contribution < 1.29 is 99.3 Å². The second kappa shape index (κ2) is 18.2. The van der Waals surface area contributed by atoms with Crippen molar-refractivity contribution in [2.75, 3.05) is 13.2 Å². The summed E-state index contributed by atoms with van der Waals surface area (Å²) < 4.78 is 36.0. The van der Waals surface area contributed by atoms with Crippen LogP contribution in [0.15, 0.2) is 11.6 Å². The molecule has 3 saturated heterocycles. The number of ether oxygens (including phenoxy) is 6. The molecule has 20 heteroatoms. The summed E-state index contributed by atoms with van der Waals surface area (Å²) in [6, 6.07) is 0. The van der Waals surface area contributed by atoms with Crippen LogP contribution in [0.4, 0.5) is 0 Å². The highest BCUT2D eigenvalue weighted by Gasteiger charge is 2.73. The smallest absolute Gasteiger partial charge is 0.312 e. The van der Waals surface area contributed by atoms with Crippen molar-refractivity contribution in [3.05, 3.63) is 11.6 Å². The normalized spacial score (nSPS) is 54.6. The molecule has 0 radical (unpaired) electrons. The molecule has 68 heavy (non-hydrogen) atoms. The quantitative estimate of drug-likeness (QED) is 0.0994. The predicted molar refractivity (Wildman–Crippen MR) is 233 cm³/mol. The Kier molecular flexibility index (Phi) is 14.0. The van der Waals surface area contributed by atoms with Gasteiger partial charge in [-0.05, 0) is 111 Å². The second-order valence-electron chi connectivity index (χ2n) is 23.4. The van der Waals surface area contributed by atoms with Gasteiger partial charge >= 0.3 is 11.9 Å². The molecular weight excluding hydrogens is 897 g/mol. The molecule has 0 aromatic carbocycles. The third kappa shape index (κ3) is 7.85. The highest BCUT2D eigenvalue weighted by molar-refractivity contribution is 5.77. The summed E-state index contributed by atoms with van der Waals surface area (Å²) in [5, 5.41) is 131. The lowest BCUT2D eigenvalue weighted by molar-refractivity contribution is -0.399. The van der Waals surface area contributed by atoms with Crippen molar-refractivity contribution in [2.45, 2.75) is 211 Å². The standard InChI is InChI=1S/C48H76O20/c1-20-28(52)31(55)34(58)38(63-20)66-35-32(56)29(53)24(18-49)64-39(35)67-36-33(57)30(54)25(19-50)65-40(36)68-37-23(51)17-44(4)26-9-8-21-22-16-43(2,3)12-14-48(22,42(61)62)15-13-45(21,5)46(26,6)11-10-27(44)47(37,7)41(59)60/h8,20,22-40,49-58H,9-19H2,1-7H3,(H,59,60)(H,61,62). The van der Waals surface area contributed by atoms with Crippen molar-refractivity contribution in [2.24, 2.45) is 50.2 Å². The van der Waals surface area contributed by atoms with Crippen LogP contribution in [-0.2, 0) is 38.0 Å². The number of carboxylic acid groups (broad SMARTS) is 2. The lowest BCUT2D eigenvalue weighted by Crippen LogP contribution is -2.71. The fraction of sp³-hybridized carbons (Fsp3) is 0.917. The van der Waals surface area contributed by atoms with Crippen LogP contribution in [0, 0.1) is 50.2 Å². The van der Waals surface area contributed by atoms with E-state index in [4.69, 9.17) is 28.4 Å². The molecule has 12 N–H and O–H groups in total. The number of aliphatic carboxylic acids is 2. The van der Waals surface area contributed by atoms with Gasteiger partial charge in [0.25, 0.3) is 0 Å². The van der Waals surface area contributed by atoms with E-state index in [0.29, 0.717) is 38.5 Å². The minimum Gasteiger partial charge on any atom is -0.481 e. The molecule has 3 heterocycles. The molecule has 0 aromatic rings. The van der Waals surface area contributed by atoms with Crippen LogP contribution in [0.3, 0.4) is 0 Å². The number of hydrogen-bond acceptors (Lipinski definition) is 18. The number of carbonyl (C=O) groups is 2. The zero-order chi connectivity index (χ0) is 50.0. The lowest BCUT2D eigenvalue weighted by atomic mass is 9.33. The van der Waals surface area contributed by atoms with E-state index in [2.05, 4.69) is 33.8 Å². The molecule has 3 aliphatic heterocycles. The molecule has 0 aromatic heterocycles. The van der Waals surface area contributed by atoms with Crippen LogP contribution < -0.4 is 0 Å². The predicted octanol–water partition coefficient (Wildman–Crippen LogP) is -0.231. The Labute approximate surface area is 396 Å². The van der Waals surface area contributed by atoms with Gasteiger partial charge in [0.15, 0.2) is 18.9 Å². The fourth-order valence-corrected chi connectivity index (χ4v) is 15.1. The van der Waals surface area contributed by atoms with Crippen LogP contribution >= 0.6 is 0 Å². The maximum absolute atomic E-state index is 14.0. The molecule has 7 fully saturated rings. The summed E-state index contributed by atoms with van der Waals surface area (Å²) in [5.41, 5.74) is -3.15. The minimum absolute atomic E-state index is 0.0418. The van der Waals surface area contributed by atoms with Gasteiger partial charge in [0.2, 0.25) is 0 Å². The fourth-order valence-electron chi connectivity index (χ4n) is 15.1. The van der Waals surface area contributed by atoms with E-state index in [9.17, 15) is 70.9 Å². The highest BCUT2D eigenvalue weighted by Crippen LogP contribution is 2.76. The van der Waals surface area contributed by atoms with Gasteiger partial charge < -0.3 is 89.7 Å². The van der Waals surface area contributed by atoms with E-state index in [1.54, 1.807) is 0 Å². The van der Waals surface area contributed by atoms with Crippen molar-refractivity contribution in [3.8, 4) is 0 Å². The van der Waals surface area contributed by atoms with Crippen molar-refractivity contribution in [1.29, 1.82) is 0 Å². The third-order valence-corrected chi connectivity index (χ3v) is 19.4. The molecule has 388 valence electrons. The molecule has 0 spiro atoms. The first-order valence-electron chi connectivity index (χ1n) is 24.4. The molecule has 25 atom stereocenters. The Bertz CT molecular complexity index is 1920. The average molecular weight is 973 g/mol. The Morgan fingerprint density at radius 3 is 1.75 bits per heavy atom. The van der Waals surface area contributed by atoms with E-state index in [1.807, 2.05) is 6.92 Å². The molecule has 25 unspecified atom stereocenters. The first-order chi connectivity index (χ1) is 31.7. The Morgan fingerprint density at radius 1 is 0.632 bits per heavy atom. The third-order valence-electron chi connectivity index (χ3n) is 19.4. The van der Waals surface area contributed by atoms with Crippen LogP contribution in [0.1, 0.15) is 106 Å². The van der Waals surface area contributed by atoms with Gasteiger partial charge in [-0.1, -0.05) is 46.3 Å². The molecule has 20 nitrogen and oxygen atoms in total. The van der Waals surface area contributed by atoms with Gasteiger partial charge in [-0.2, -0.15) is 0 Å². The number of aliphatic hydroxyl groups excluding tert-OH is 10. The summed E-state index contributed by atoms with van der Waals surface area (Å²) >= 11 is 0. The molecule has 4 saturated carbocycles. The zero-order valence-electron chi connectivity index (χ0n) is 40.0. The van der Waals surface area contributed by atoms with E-state index in [0.717, 1.165) is 12.8 Å². The molecular formula is C48H76O20. The van der Waals surface area contributed by atoms with Crippen molar-refractivity contribution in [3.63, 3.8) is 0 Å². The maximum Gasteiger partial charge on any atom is 0.312 e. The number of carboxylic acids is 2. The largest absolute Gasteiger partial charge is 0.481 e. The number of hydrogen-bond donors (Lipinski definition) is 12. The topological polar surface area (TPSA) is 332 Å². The summed E-state index contributed by atoms with van der Waals surface area (Å²) in [6.45, 7) is 12.1. The summed E-state index contributed by atoms with van der Waals surface area (Å²) in [5.74, 6) is -2.92. The number of fused-ring (bicyclic) bond motifs is 7. The Balaban J connectivity index is 1.11. The van der Waals surface area contributed by atoms with Crippen LogP contribution in [-0.4, -0.2) is 191 Å². The molecule has 5 aliphatic carbocycles. The maximum atomic E-state index is 14.0. The Hall–Kier alpha value is -1.96. The zero-order valence-corrected chi connectivity index (χ0v) is 40.0. The molecule has 0 amide bonds.